The molecule has 84 valence electrons. The van der Waals surface area contributed by atoms with Gasteiger partial charge in [-0.2, -0.15) is 5.10 Å². The number of ether oxygens (including phenoxy) is 1. The molecule has 1 aromatic heterocycles. The van der Waals surface area contributed by atoms with Crippen LogP contribution in [0.4, 0.5) is 0 Å². The minimum atomic E-state index is 0.557. The maximum Gasteiger partial charge on any atom is 0.0626 e. The lowest BCUT2D eigenvalue weighted by atomic mass is 10.2. The lowest BCUT2D eigenvalue weighted by molar-refractivity contribution is 0.190. The highest BCUT2D eigenvalue weighted by molar-refractivity contribution is 5.15. The third-order valence-corrected chi connectivity index (χ3v) is 2.87. The highest BCUT2D eigenvalue weighted by atomic mass is 16.5. The standard InChI is InChI=1S/C11H19N3O/c1-9-10(7-14(2)13-9)3-5-12-11-4-6-15-8-11/h7,11-12H,3-6,8H2,1-2H3. The van der Waals surface area contributed by atoms with Crippen molar-refractivity contribution in [3.8, 4) is 0 Å². The number of hydrogen-bond acceptors (Lipinski definition) is 3. The molecule has 0 aliphatic carbocycles. The van der Waals surface area contributed by atoms with Gasteiger partial charge in [0, 0.05) is 25.9 Å². The maximum atomic E-state index is 5.31. The van der Waals surface area contributed by atoms with E-state index in [9.17, 15) is 0 Å². The third kappa shape index (κ3) is 2.79. The van der Waals surface area contributed by atoms with Crippen molar-refractivity contribution in [2.75, 3.05) is 19.8 Å². The zero-order valence-electron chi connectivity index (χ0n) is 9.49. The number of rotatable bonds is 4. The van der Waals surface area contributed by atoms with Crippen LogP contribution in [0.2, 0.25) is 0 Å². The van der Waals surface area contributed by atoms with E-state index in [1.807, 2.05) is 11.7 Å². The van der Waals surface area contributed by atoms with Crippen LogP contribution in [0.3, 0.4) is 0 Å². The largest absolute Gasteiger partial charge is 0.380 e. The Morgan fingerprint density at radius 2 is 2.53 bits per heavy atom. The van der Waals surface area contributed by atoms with Crippen LogP contribution < -0.4 is 5.32 Å². The topological polar surface area (TPSA) is 39.1 Å². The number of aryl methyl sites for hydroxylation is 2. The number of nitrogens with one attached hydrogen (secondary N) is 1. The molecule has 1 unspecified atom stereocenters. The van der Waals surface area contributed by atoms with Gasteiger partial charge in [0.15, 0.2) is 0 Å². The fourth-order valence-electron chi connectivity index (χ4n) is 2.00. The summed E-state index contributed by atoms with van der Waals surface area (Å²) in [4.78, 5) is 0. The summed E-state index contributed by atoms with van der Waals surface area (Å²) in [5, 5.41) is 7.83. The normalized spacial score (nSPS) is 21.1. The second-order valence-electron chi connectivity index (χ2n) is 4.18. The average molecular weight is 209 g/mol. The molecule has 0 radical (unpaired) electrons. The van der Waals surface area contributed by atoms with Crippen LogP contribution in [0.5, 0.6) is 0 Å². The minimum absolute atomic E-state index is 0.557. The number of nitrogens with zero attached hydrogens (tertiary/aromatic N) is 2. The van der Waals surface area contributed by atoms with Crippen molar-refractivity contribution in [1.82, 2.24) is 15.1 Å². The predicted octanol–water partition coefficient (Wildman–Crippen LogP) is 0.650. The van der Waals surface area contributed by atoms with Crippen molar-refractivity contribution in [2.24, 2.45) is 7.05 Å². The van der Waals surface area contributed by atoms with Gasteiger partial charge in [-0.25, -0.2) is 0 Å². The Morgan fingerprint density at radius 1 is 1.67 bits per heavy atom. The molecule has 15 heavy (non-hydrogen) atoms. The van der Waals surface area contributed by atoms with Crippen LogP contribution in [-0.2, 0) is 18.2 Å². The van der Waals surface area contributed by atoms with Gasteiger partial charge in [0.1, 0.15) is 0 Å². The van der Waals surface area contributed by atoms with Crippen molar-refractivity contribution < 1.29 is 4.74 Å². The molecular weight excluding hydrogens is 190 g/mol. The molecule has 0 saturated carbocycles. The van der Waals surface area contributed by atoms with E-state index in [1.54, 1.807) is 0 Å². The van der Waals surface area contributed by atoms with Crippen molar-refractivity contribution in [1.29, 1.82) is 0 Å². The van der Waals surface area contributed by atoms with Gasteiger partial charge >= 0.3 is 0 Å². The fourth-order valence-corrected chi connectivity index (χ4v) is 2.00. The molecule has 0 spiro atoms. The minimum Gasteiger partial charge on any atom is -0.380 e. The molecule has 1 fully saturated rings. The second kappa shape index (κ2) is 4.77. The average Bonchev–Trinajstić information content (AvgIpc) is 2.77. The van der Waals surface area contributed by atoms with Crippen LogP contribution in [0.25, 0.3) is 0 Å². The smallest absolute Gasteiger partial charge is 0.0626 e. The zero-order chi connectivity index (χ0) is 10.7. The monoisotopic (exact) mass is 209 g/mol. The molecule has 1 N–H and O–H groups in total. The van der Waals surface area contributed by atoms with Gasteiger partial charge in [-0.1, -0.05) is 0 Å². The van der Waals surface area contributed by atoms with Gasteiger partial charge in [0.25, 0.3) is 0 Å². The van der Waals surface area contributed by atoms with Crippen LogP contribution >= 0.6 is 0 Å². The van der Waals surface area contributed by atoms with Crippen molar-refractivity contribution >= 4 is 0 Å². The highest BCUT2D eigenvalue weighted by Gasteiger charge is 2.14. The summed E-state index contributed by atoms with van der Waals surface area (Å²) in [6, 6.07) is 0.557. The SMILES string of the molecule is Cc1nn(C)cc1CCNC1CCOC1. The summed E-state index contributed by atoms with van der Waals surface area (Å²) in [6.07, 6.45) is 4.30. The van der Waals surface area contributed by atoms with E-state index in [2.05, 4.69) is 23.5 Å². The Labute approximate surface area is 90.6 Å². The lowest BCUT2D eigenvalue weighted by Gasteiger charge is -2.09. The predicted molar refractivity (Wildman–Crippen MR) is 58.9 cm³/mol. The molecule has 1 aromatic rings. The first-order valence-corrected chi connectivity index (χ1v) is 5.56. The van der Waals surface area contributed by atoms with Gasteiger partial charge < -0.3 is 10.1 Å². The van der Waals surface area contributed by atoms with E-state index in [-0.39, 0.29) is 0 Å². The molecule has 4 heteroatoms. The van der Waals surface area contributed by atoms with E-state index in [0.717, 1.165) is 38.3 Å². The summed E-state index contributed by atoms with van der Waals surface area (Å²) in [5.41, 5.74) is 2.48. The molecule has 4 nitrogen and oxygen atoms in total. The first-order valence-electron chi connectivity index (χ1n) is 5.56. The third-order valence-electron chi connectivity index (χ3n) is 2.87. The van der Waals surface area contributed by atoms with Gasteiger partial charge in [-0.05, 0) is 31.9 Å². The summed E-state index contributed by atoms with van der Waals surface area (Å²) < 4.78 is 7.19. The first-order chi connectivity index (χ1) is 7.25. The van der Waals surface area contributed by atoms with E-state index in [0.29, 0.717) is 6.04 Å². The van der Waals surface area contributed by atoms with E-state index >= 15 is 0 Å². The highest BCUT2D eigenvalue weighted by Crippen LogP contribution is 2.06. The molecule has 1 aliphatic heterocycles. The van der Waals surface area contributed by atoms with Crippen LogP contribution in [0.15, 0.2) is 6.20 Å². The van der Waals surface area contributed by atoms with Gasteiger partial charge in [0.2, 0.25) is 0 Å². The van der Waals surface area contributed by atoms with E-state index < -0.39 is 0 Å². The van der Waals surface area contributed by atoms with Crippen LogP contribution in [0.1, 0.15) is 17.7 Å². The Kier molecular flexibility index (Phi) is 3.38. The molecule has 1 atom stereocenters. The summed E-state index contributed by atoms with van der Waals surface area (Å²) in [6.45, 7) is 4.85. The molecule has 2 rings (SSSR count). The molecule has 1 aliphatic rings. The van der Waals surface area contributed by atoms with Crippen LogP contribution in [-0.4, -0.2) is 35.6 Å². The Bertz CT molecular complexity index is 316. The molecule has 1 saturated heterocycles. The van der Waals surface area contributed by atoms with Gasteiger partial charge in [-0.3, -0.25) is 4.68 Å². The number of hydrogen-bond donors (Lipinski definition) is 1. The van der Waals surface area contributed by atoms with Crippen molar-refractivity contribution in [3.05, 3.63) is 17.5 Å². The number of aromatic nitrogens is 2. The summed E-state index contributed by atoms with van der Waals surface area (Å²) in [7, 11) is 1.97. The molecule has 0 aromatic carbocycles. The first kappa shape index (κ1) is 10.6. The van der Waals surface area contributed by atoms with Gasteiger partial charge in [-0.15, -0.1) is 0 Å². The van der Waals surface area contributed by atoms with E-state index in [1.165, 1.54) is 5.56 Å². The Hall–Kier alpha value is -0.870. The molecule has 0 bridgehead atoms. The van der Waals surface area contributed by atoms with Crippen LogP contribution in [0, 0.1) is 6.92 Å². The fraction of sp³-hybridized carbons (Fsp3) is 0.727. The maximum absolute atomic E-state index is 5.31. The Morgan fingerprint density at radius 3 is 3.13 bits per heavy atom. The second-order valence-corrected chi connectivity index (χ2v) is 4.18. The zero-order valence-corrected chi connectivity index (χ0v) is 9.49. The van der Waals surface area contributed by atoms with Crippen molar-refractivity contribution in [2.45, 2.75) is 25.8 Å². The summed E-state index contributed by atoms with van der Waals surface area (Å²) >= 11 is 0. The molecule has 0 amide bonds. The van der Waals surface area contributed by atoms with Crippen molar-refractivity contribution in [3.63, 3.8) is 0 Å². The van der Waals surface area contributed by atoms with E-state index in [4.69, 9.17) is 4.74 Å². The van der Waals surface area contributed by atoms with Gasteiger partial charge in [0.05, 0.1) is 12.3 Å². The Balaban J connectivity index is 1.75. The molecule has 2 heterocycles. The quantitative estimate of drug-likeness (QED) is 0.791. The molecular formula is C11H19N3O. The summed E-state index contributed by atoms with van der Waals surface area (Å²) in [5.74, 6) is 0. The lowest BCUT2D eigenvalue weighted by Crippen LogP contribution is -2.30.